The molecule has 0 spiro atoms. The van der Waals surface area contributed by atoms with Gasteiger partial charge in [0.15, 0.2) is 0 Å². The fourth-order valence-electron chi connectivity index (χ4n) is 2.83. The summed E-state index contributed by atoms with van der Waals surface area (Å²) >= 11 is 0. The van der Waals surface area contributed by atoms with E-state index in [1.165, 1.54) is 11.1 Å². The first-order valence-corrected chi connectivity index (χ1v) is 7.71. The van der Waals surface area contributed by atoms with Crippen LogP contribution in [0.5, 0.6) is 0 Å². The zero-order valence-corrected chi connectivity index (χ0v) is 12.9. The molecule has 0 atom stereocenters. The molecule has 1 aliphatic heterocycles. The van der Waals surface area contributed by atoms with Crippen molar-refractivity contribution in [3.63, 3.8) is 0 Å². The van der Waals surface area contributed by atoms with Gasteiger partial charge in [0.25, 0.3) is 0 Å². The van der Waals surface area contributed by atoms with Crippen molar-refractivity contribution < 1.29 is 9.53 Å². The molecule has 3 rings (SSSR count). The number of hydrogen-bond donors (Lipinski definition) is 0. The second-order valence-electron chi connectivity index (χ2n) is 5.78. The van der Waals surface area contributed by atoms with Gasteiger partial charge in [0, 0.05) is 25.2 Å². The maximum Gasteiger partial charge on any atom is 0.150 e. The lowest BCUT2D eigenvalue weighted by Crippen LogP contribution is -2.35. The highest BCUT2D eigenvalue weighted by atomic mass is 16.5. The number of benzene rings is 2. The molecule has 0 bridgehead atoms. The van der Waals surface area contributed by atoms with Gasteiger partial charge in [0.2, 0.25) is 0 Å². The standard InChI is InChI=1S/C19H21NO2/c1-15-2-3-17(14-21)12-19(15)18-6-4-16(5-7-18)13-20-8-10-22-11-9-20/h2-7,12,14H,8-11,13H2,1H3. The van der Waals surface area contributed by atoms with E-state index in [-0.39, 0.29) is 0 Å². The minimum absolute atomic E-state index is 0.720. The Kier molecular flexibility index (Phi) is 4.66. The van der Waals surface area contributed by atoms with Crippen LogP contribution >= 0.6 is 0 Å². The van der Waals surface area contributed by atoms with Gasteiger partial charge in [-0.1, -0.05) is 36.4 Å². The largest absolute Gasteiger partial charge is 0.379 e. The van der Waals surface area contributed by atoms with Gasteiger partial charge in [0.1, 0.15) is 6.29 Å². The Morgan fingerprint density at radius 1 is 1.09 bits per heavy atom. The molecular formula is C19H21NO2. The molecule has 1 saturated heterocycles. The van der Waals surface area contributed by atoms with E-state index in [2.05, 4.69) is 36.1 Å². The number of carbonyl (C=O) groups is 1. The van der Waals surface area contributed by atoms with Gasteiger partial charge in [0.05, 0.1) is 13.2 Å². The van der Waals surface area contributed by atoms with Crippen LogP contribution in [0, 0.1) is 6.92 Å². The molecule has 1 aliphatic rings. The number of aryl methyl sites for hydroxylation is 1. The highest BCUT2D eigenvalue weighted by Gasteiger charge is 2.11. The molecule has 1 heterocycles. The van der Waals surface area contributed by atoms with Crippen LogP contribution in [-0.2, 0) is 11.3 Å². The van der Waals surface area contributed by atoms with Crippen molar-refractivity contribution in [2.24, 2.45) is 0 Å². The van der Waals surface area contributed by atoms with Crippen LogP contribution in [0.2, 0.25) is 0 Å². The molecular weight excluding hydrogens is 274 g/mol. The summed E-state index contributed by atoms with van der Waals surface area (Å²) in [5, 5.41) is 0. The summed E-state index contributed by atoms with van der Waals surface area (Å²) in [6, 6.07) is 14.5. The van der Waals surface area contributed by atoms with E-state index in [1.54, 1.807) is 0 Å². The van der Waals surface area contributed by atoms with Crippen LogP contribution in [0.1, 0.15) is 21.5 Å². The molecule has 0 N–H and O–H groups in total. The first-order valence-electron chi connectivity index (χ1n) is 7.71. The van der Waals surface area contributed by atoms with Gasteiger partial charge in [-0.2, -0.15) is 0 Å². The Labute approximate surface area is 131 Å². The molecule has 114 valence electrons. The predicted molar refractivity (Wildman–Crippen MR) is 88.1 cm³/mol. The third kappa shape index (κ3) is 3.43. The number of ether oxygens (including phenoxy) is 1. The van der Waals surface area contributed by atoms with E-state index in [9.17, 15) is 4.79 Å². The number of nitrogens with zero attached hydrogens (tertiary/aromatic N) is 1. The Morgan fingerprint density at radius 2 is 1.82 bits per heavy atom. The zero-order valence-electron chi connectivity index (χ0n) is 12.9. The average molecular weight is 295 g/mol. The van der Waals surface area contributed by atoms with Crippen molar-refractivity contribution in [2.75, 3.05) is 26.3 Å². The molecule has 0 aromatic heterocycles. The highest BCUT2D eigenvalue weighted by molar-refractivity contribution is 5.80. The molecule has 2 aromatic carbocycles. The summed E-state index contributed by atoms with van der Waals surface area (Å²) in [4.78, 5) is 13.4. The van der Waals surface area contributed by atoms with Crippen LogP contribution in [0.4, 0.5) is 0 Å². The molecule has 22 heavy (non-hydrogen) atoms. The molecule has 0 radical (unpaired) electrons. The summed E-state index contributed by atoms with van der Waals surface area (Å²) in [7, 11) is 0. The maximum atomic E-state index is 11.0. The van der Waals surface area contributed by atoms with Crippen molar-refractivity contribution in [3.05, 3.63) is 59.2 Å². The van der Waals surface area contributed by atoms with E-state index in [1.807, 2.05) is 18.2 Å². The number of aldehydes is 1. The summed E-state index contributed by atoms with van der Waals surface area (Å²) < 4.78 is 5.38. The van der Waals surface area contributed by atoms with Crippen LogP contribution in [-0.4, -0.2) is 37.5 Å². The lowest BCUT2D eigenvalue weighted by molar-refractivity contribution is 0.0342. The van der Waals surface area contributed by atoms with Crippen molar-refractivity contribution >= 4 is 6.29 Å². The SMILES string of the molecule is Cc1ccc(C=O)cc1-c1ccc(CN2CCOCC2)cc1. The van der Waals surface area contributed by atoms with Gasteiger partial charge < -0.3 is 4.74 Å². The average Bonchev–Trinajstić information content (AvgIpc) is 2.57. The zero-order chi connectivity index (χ0) is 15.4. The van der Waals surface area contributed by atoms with Crippen molar-refractivity contribution in [3.8, 4) is 11.1 Å². The third-order valence-electron chi connectivity index (χ3n) is 4.17. The lowest BCUT2D eigenvalue weighted by Gasteiger charge is -2.26. The third-order valence-corrected chi connectivity index (χ3v) is 4.17. The second-order valence-corrected chi connectivity index (χ2v) is 5.78. The highest BCUT2D eigenvalue weighted by Crippen LogP contribution is 2.25. The fraction of sp³-hybridized carbons (Fsp3) is 0.316. The summed E-state index contributed by atoms with van der Waals surface area (Å²) in [5.74, 6) is 0. The molecule has 0 saturated carbocycles. The van der Waals surface area contributed by atoms with E-state index >= 15 is 0 Å². The van der Waals surface area contributed by atoms with Crippen molar-refractivity contribution in [1.82, 2.24) is 4.90 Å². The number of carbonyl (C=O) groups excluding carboxylic acids is 1. The molecule has 0 aliphatic carbocycles. The van der Waals surface area contributed by atoms with E-state index in [0.29, 0.717) is 0 Å². The van der Waals surface area contributed by atoms with Crippen LogP contribution in [0.25, 0.3) is 11.1 Å². The minimum Gasteiger partial charge on any atom is -0.379 e. The topological polar surface area (TPSA) is 29.5 Å². The molecule has 0 amide bonds. The van der Waals surface area contributed by atoms with E-state index in [0.717, 1.165) is 55.8 Å². The minimum atomic E-state index is 0.720. The predicted octanol–water partition coefficient (Wildman–Crippen LogP) is 3.31. The second kappa shape index (κ2) is 6.86. The maximum absolute atomic E-state index is 11.0. The van der Waals surface area contributed by atoms with Crippen LogP contribution in [0.15, 0.2) is 42.5 Å². The first-order chi connectivity index (χ1) is 10.8. The Hall–Kier alpha value is -1.97. The Balaban J connectivity index is 1.77. The van der Waals surface area contributed by atoms with Gasteiger partial charge in [-0.15, -0.1) is 0 Å². The monoisotopic (exact) mass is 295 g/mol. The summed E-state index contributed by atoms with van der Waals surface area (Å²) in [6.07, 6.45) is 0.899. The van der Waals surface area contributed by atoms with Gasteiger partial charge in [-0.05, 0) is 35.2 Å². The van der Waals surface area contributed by atoms with Crippen LogP contribution in [0.3, 0.4) is 0 Å². The Morgan fingerprint density at radius 3 is 2.50 bits per heavy atom. The Bertz CT molecular complexity index is 643. The quantitative estimate of drug-likeness (QED) is 0.811. The lowest BCUT2D eigenvalue weighted by atomic mass is 9.97. The van der Waals surface area contributed by atoms with Crippen LogP contribution < -0.4 is 0 Å². The van der Waals surface area contributed by atoms with Crippen molar-refractivity contribution in [1.29, 1.82) is 0 Å². The van der Waals surface area contributed by atoms with E-state index in [4.69, 9.17) is 4.74 Å². The number of hydrogen-bond acceptors (Lipinski definition) is 3. The molecule has 2 aromatic rings. The van der Waals surface area contributed by atoms with Gasteiger partial charge in [-0.25, -0.2) is 0 Å². The molecule has 3 heteroatoms. The molecule has 1 fully saturated rings. The normalized spacial score (nSPS) is 15.7. The summed E-state index contributed by atoms with van der Waals surface area (Å²) in [5.41, 5.74) is 5.51. The van der Waals surface area contributed by atoms with Gasteiger partial charge >= 0.3 is 0 Å². The number of rotatable bonds is 4. The summed E-state index contributed by atoms with van der Waals surface area (Å²) in [6.45, 7) is 6.71. The smallest absolute Gasteiger partial charge is 0.150 e. The fourth-order valence-corrected chi connectivity index (χ4v) is 2.83. The first kappa shape index (κ1) is 14.9. The van der Waals surface area contributed by atoms with E-state index < -0.39 is 0 Å². The van der Waals surface area contributed by atoms with Gasteiger partial charge in [-0.3, -0.25) is 9.69 Å². The molecule has 3 nitrogen and oxygen atoms in total. The number of morpholine rings is 1. The molecule has 0 unspecified atom stereocenters. The van der Waals surface area contributed by atoms with Crippen molar-refractivity contribution in [2.45, 2.75) is 13.5 Å².